The number of allylic oxidation sites excluding steroid dienone is 1. The summed E-state index contributed by atoms with van der Waals surface area (Å²) in [5, 5.41) is 32.5. The smallest absolute Gasteiger partial charge is 0.171 e. The highest BCUT2D eigenvalue weighted by Crippen LogP contribution is 2.70. The summed E-state index contributed by atoms with van der Waals surface area (Å²) in [5.74, 6) is 1.89. The summed E-state index contributed by atoms with van der Waals surface area (Å²) in [7, 11) is 0. The molecule has 5 heteroatoms. The summed E-state index contributed by atoms with van der Waals surface area (Å²) in [4.78, 5) is 0. The van der Waals surface area contributed by atoms with Gasteiger partial charge < -0.3 is 24.8 Å². The minimum Gasteiger partial charge on any atom is -0.390 e. The Morgan fingerprint density at radius 2 is 1.75 bits per heavy atom. The first-order valence-corrected chi connectivity index (χ1v) is 13.1. The molecule has 3 N–H and O–H groups in total. The molecule has 0 aromatic carbocycles. The zero-order chi connectivity index (χ0) is 22.7. The molecule has 4 aliphatic carbocycles. The third kappa shape index (κ3) is 2.64. The Bertz CT molecular complexity index is 817. The van der Waals surface area contributed by atoms with Crippen molar-refractivity contribution in [1.29, 1.82) is 0 Å². The zero-order valence-corrected chi connectivity index (χ0v) is 20.2. The van der Waals surface area contributed by atoms with Gasteiger partial charge in [0.2, 0.25) is 0 Å². The molecule has 0 bridgehead atoms. The molecule has 0 amide bonds. The molecule has 12 atom stereocenters. The van der Waals surface area contributed by atoms with Gasteiger partial charge in [-0.1, -0.05) is 39.3 Å². The Morgan fingerprint density at radius 1 is 1.00 bits per heavy atom. The van der Waals surface area contributed by atoms with Crippen molar-refractivity contribution in [3.05, 3.63) is 11.6 Å². The topological polar surface area (TPSA) is 79.2 Å². The summed E-state index contributed by atoms with van der Waals surface area (Å²) in [6.45, 7) is 10.1. The van der Waals surface area contributed by atoms with E-state index in [1.54, 1.807) is 0 Å². The summed E-state index contributed by atoms with van der Waals surface area (Å²) >= 11 is 0. The fourth-order valence-electron chi connectivity index (χ4n) is 9.53. The molecule has 3 saturated carbocycles. The van der Waals surface area contributed by atoms with E-state index in [1.807, 2.05) is 0 Å². The standard InChI is InChI=1S/C27H42O5/c1-15-5-10-27(31-14-15)16(2)23-22(32-27)11-19-17-6-9-26(30)13-21(29)20(28)12-25(26,4)18(17)7-8-24(19,23)3/h6,15-16,18-23,28-30H,5,7-14H2,1-4H3. The quantitative estimate of drug-likeness (QED) is 0.493. The van der Waals surface area contributed by atoms with E-state index in [0.717, 1.165) is 32.3 Å². The molecule has 0 aromatic rings. The number of rotatable bonds is 0. The molecule has 2 saturated heterocycles. The van der Waals surface area contributed by atoms with Crippen LogP contribution in [0.1, 0.15) is 79.1 Å². The lowest BCUT2D eigenvalue weighted by Crippen LogP contribution is -2.63. The maximum atomic E-state index is 11.6. The first-order chi connectivity index (χ1) is 15.0. The van der Waals surface area contributed by atoms with Crippen LogP contribution in [0.25, 0.3) is 0 Å². The lowest BCUT2D eigenvalue weighted by molar-refractivity contribution is -0.271. The van der Waals surface area contributed by atoms with E-state index < -0.39 is 17.8 Å². The van der Waals surface area contributed by atoms with Crippen molar-refractivity contribution in [3.8, 4) is 0 Å². The molecule has 180 valence electrons. The van der Waals surface area contributed by atoms with E-state index >= 15 is 0 Å². The number of ether oxygens (including phenoxy) is 2. The van der Waals surface area contributed by atoms with Crippen LogP contribution in [0.3, 0.4) is 0 Å². The van der Waals surface area contributed by atoms with Gasteiger partial charge in [0.15, 0.2) is 5.79 Å². The van der Waals surface area contributed by atoms with Gasteiger partial charge in [-0.3, -0.25) is 0 Å². The number of hydrogen-bond donors (Lipinski definition) is 3. The van der Waals surface area contributed by atoms with E-state index in [4.69, 9.17) is 9.47 Å². The third-order valence-corrected chi connectivity index (χ3v) is 11.5. The average molecular weight is 447 g/mol. The van der Waals surface area contributed by atoms with E-state index in [-0.39, 0.29) is 35.1 Å². The molecule has 6 rings (SSSR count). The molecule has 2 aliphatic heterocycles. The molecule has 1 spiro atoms. The SMILES string of the molecule is CC1CCC2(OC1)OC1CC3C4=CCC5(O)CC(O)C(O)CC5(C)C4CCC3(C)C1C2C. The predicted molar refractivity (Wildman–Crippen MR) is 121 cm³/mol. The van der Waals surface area contributed by atoms with Crippen molar-refractivity contribution in [3.63, 3.8) is 0 Å². The molecular weight excluding hydrogens is 404 g/mol. The van der Waals surface area contributed by atoms with Gasteiger partial charge in [-0.15, -0.1) is 0 Å². The lowest BCUT2D eigenvalue weighted by Gasteiger charge is -2.61. The maximum Gasteiger partial charge on any atom is 0.171 e. The van der Waals surface area contributed by atoms with Crippen LogP contribution in [0.2, 0.25) is 0 Å². The minimum atomic E-state index is -0.928. The van der Waals surface area contributed by atoms with Gasteiger partial charge in [-0.2, -0.15) is 0 Å². The van der Waals surface area contributed by atoms with Crippen molar-refractivity contribution in [1.82, 2.24) is 0 Å². The van der Waals surface area contributed by atoms with Crippen LogP contribution in [-0.2, 0) is 9.47 Å². The normalized spacial score (nSPS) is 61.5. The molecule has 12 unspecified atom stereocenters. The Balaban J connectivity index is 1.31. The molecule has 5 fully saturated rings. The van der Waals surface area contributed by atoms with Crippen LogP contribution in [0.4, 0.5) is 0 Å². The highest BCUT2D eigenvalue weighted by Gasteiger charge is 2.69. The van der Waals surface area contributed by atoms with Crippen LogP contribution in [0, 0.1) is 40.4 Å². The maximum absolute atomic E-state index is 11.6. The van der Waals surface area contributed by atoms with Crippen molar-refractivity contribution >= 4 is 0 Å². The number of aliphatic hydroxyl groups is 3. The Hall–Kier alpha value is -0.460. The Kier molecular flexibility index (Phi) is 4.69. The number of aliphatic hydroxyl groups excluding tert-OH is 2. The molecule has 5 nitrogen and oxygen atoms in total. The number of fused-ring (bicyclic) bond motifs is 7. The second-order valence-corrected chi connectivity index (χ2v) is 13.0. The summed E-state index contributed by atoms with van der Waals surface area (Å²) < 4.78 is 13.2. The summed E-state index contributed by atoms with van der Waals surface area (Å²) in [6.07, 6.45) is 7.75. The van der Waals surface area contributed by atoms with Gasteiger partial charge in [0.25, 0.3) is 0 Å². The lowest BCUT2D eigenvalue weighted by atomic mass is 9.45. The van der Waals surface area contributed by atoms with Crippen molar-refractivity contribution in [2.24, 2.45) is 40.4 Å². The van der Waals surface area contributed by atoms with Crippen LogP contribution in [0.15, 0.2) is 11.6 Å². The Labute approximate surface area is 192 Å². The highest BCUT2D eigenvalue weighted by molar-refractivity contribution is 5.32. The van der Waals surface area contributed by atoms with Gasteiger partial charge in [-0.05, 0) is 67.6 Å². The van der Waals surface area contributed by atoms with Crippen molar-refractivity contribution in [2.75, 3.05) is 6.61 Å². The minimum absolute atomic E-state index is 0.195. The van der Waals surface area contributed by atoms with Crippen molar-refractivity contribution in [2.45, 2.75) is 109 Å². The summed E-state index contributed by atoms with van der Waals surface area (Å²) in [5.41, 5.74) is 0.390. The van der Waals surface area contributed by atoms with Gasteiger partial charge in [-0.25, -0.2) is 0 Å². The van der Waals surface area contributed by atoms with Crippen LogP contribution in [-0.4, -0.2) is 51.6 Å². The first-order valence-electron chi connectivity index (χ1n) is 13.1. The van der Waals surface area contributed by atoms with Crippen LogP contribution < -0.4 is 0 Å². The van der Waals surface area contributed by atoms with Gasteiger partial charge in [0, 0.05) is 24.2 Å². The van der Waals surface area contributed by atoms with E-state index in [1.165, 1.54) is 12.0 Å². The van der Waals surface area contributed by atoms with Gasteiger partial charge in [0.05, 0.1) is 30.5 Å². The molecular formula is C27H42O5. The second kappa shape index (κ2) is 6.81. The third-order valence-electron chi connectivity index (χ3n) is 11.5. The highest BCUT2D eigenvalue weighted by atomic mass is 16.7. The first kappa shape index (κ1) is 22.0. The second-order valence-electron chi connectivity index (χ2n) is 13.0. The largest absolute Gasteiger partial charge is 0.390 e. The predicted octanol–water partition coefficient (Wildman–Crippen LogP) is 3.80. The van der Waals surface area contributed by atoms with Gasteiger partial charge in [0.1, 0.15) is 0 Å². The molecule has 6 aliphatic rings. The van der Waals surface area contributed by atoms with Crippen molar-refractivity contribution < 1.29 is 24.8 Å². The average Bonchev–Trinajstić information content (AvgIpc) is 3.17. The fraction of sp³-hybridized carbons (Fsp3) is 0.926. The van der Waals surface area contributed by atoms with E-state index in [9.17, 15) is 15.3 Å². The van der Waals surface area contributed by atoms with Crippen LogP contribution >= 0.6 is 0 Å². The van der Waals surface area contributed by atoms with Gasteiger partial charge >= 0.3 is 0 Å². The molecule has 32 heavy (non-hydrogen) atoms. The molecule has 0 aromatic heterocycles. The molecule has 0 radical (unpaired) electrons. The zero-order valence-electron chi connectivity index (χ0n) is 20.2. The summed E-state index contributed by atoms with van der Waals surface area (Å²) in [6, 6.07) is 0. The molecule has 2 heterocycles. The number of hydrogen-bond acceptors (Lipinski definition) is 5. The monoisotopic (exact) mass is 446 g/mol. The van der Waals surface area contributed by atoms with E-state index in [0.29, 0.717) is 36.5 Å². The van der Waals surface area contributed by atoms with E-state index in [2.05, 4.69) is 33.8 Å². The fourth-order valence-corrected chi connectivity index (χ4v) is 9.53. The Morgan fingerprint density at radius 3 is 2.47 bits per heavy atom. The van der Waals surface area contributed by atoms with Crippen LogP contribution in [0.5, 0.6) is 0 Å².